The van der Waals surface area contributed by atoms with Gasteiger partial charge in [0.1, 0.15) is 0 Å². The molecule has 2 aromatic rings. The molecule has 0 bridgehead atoms. The number of benzene rings is 1. The number of rotatable bonds is 0. The topological polar surface area (TPSA) is 25.2 Å². The van der Waals surface area contributed by atoms with Crippen LogP contribution in [0.15, 0.2) is 30.3 Å². The van der Waals surface area contributed by atoms with E-state index in [9.17, 15) is 4.79 Å². The second-order valence-electron chi connectivity index (χ2n) is 4.92. The number of amides is 1. The molecule has 22 heavy (non-hydrogen) atoms. The molecule has 0 spiro atoms. The van der Waals surface area contributed by atoms with Gasteiger partial charge in [0.15, 0.2) is 0 Å². The van der Waals surface area contributed by atoms with Crippen molar-refractivity contribution in [2.75, 3.05) is 7.05 Å². The Kier molecular flexibility index (Phi) is 6.41. The third-order valence-corrected chi connectivity index (χ3v) is 3.70. The van der Waals surface area contributed by atoms with Gasteiger partial charge in [-0.05, 0) is 37.6 Å². The number of hydrogen-bond donors (Lipinski definition) is 0. The van der Waals surface area contributed by atoms with Crippen LogP contribution in [-0.4, -0.2) is 22.4 Å². The highest BCUT2D eigenvalue weighted by molar-refractivity contribution is 5.98. The van der Waals surface area contributed by atoms with Gasteiger partial charge in [0.05, 0.1) is 17.8 Å². The summed E-state index contributed by atoms with van der Waals surface area (Å²) >= 11 is 0. The fourth-order valence-corrected chi connectivity index (χ4v) is 2.63. The summed E-state index contributed by atoms with van der Waals surface area (Å²) in [5, 5.41) is 0. The Bertz CT molecular complexity index is 641. The number of fused-ring (bicyclic) bond motifs is 3. The largest absolute Gasteiger partial charge is 0.336 e. The van der Waals surface area contributed by atoms with Crippen molar-refractivity contribution in [3.63, 3.8) is 0 Å². The molecule has 1 amide bonds. The highest BCUT2D eigenvalue weighted by Gasteiger charge is 2.24. The van der Waals surface area contributed by atoms with Crippen LogP contribution in [0.5, 0.6) is 0 Å². The van der Waals surface area contributed by atoms with Crippen LogP contribution in [0.25, 0.3) is 5.69 Å². The number of para-hydroxylation sites is 1. The lowest BCUT2D eigenvalue weighted by molar-refractivity contribution is 0.0788. The molecule has 0 atom stereocenters. The van der Waals surface area contributed by atoms with E-state index in [-0.39, 0.29) is 5.91 Å². The van der Waals surface area contributed by atoms with Crippen molar-refractivity contribution in [3.05, 3.63) is 52.8 Å². The Labute approximate surface area is 134 Å². The first kappa shape index (κ1) is 18.0. The minimum Gasteiger partial charge on any atom is -0.336 e. The molecule has 1 aromatic heterocycles. The van der Waals surface area contributed by atoms with Crippen molar-refractivity contribution in [3.8, 4) is 5.69 Å². The van der Waals surface area contributed by atoms with E-state index in [4.69, 9.17) is 0 Å². The Morgan fingerprint density at radius 1 is 1.00 bits per heavy atom. The molecule has 0 saturated carbocycles. The molecule has 0 saturated heterocycles. The lowest BCUT2D eigenvalue weighted by atomic mass is 10.1. The van der Waals surface area contributed by atoms with Crippen molar-refractivity contribution >= 4 is 5.91 Å². The van der Waals surface area contributed by atoms with Gasteiger partial charge in [-0.3, -0.25) is 4.79 Å². The van der Waals surface area contributed by atoms with Gasteiger partial charge >= 0.3 is 0 Å². The van der Waals surface area contributed by atoms with Crippen LogP contribution in [0, 0.1) is 13.8 Å². The maximum Gasteiger partial charge on any atom is 0.256 e. The van der Waals surface area contributed by atoms with Crippen molar-refractivity contribution in [2.24, 2.45) is 0 Å². The Balaban J connectivity index is 0.000000561. The standard InChI is InChI=1S/C15H16N2O.2C2H6/c1-10-8-12-9-16(3)15(18)13-6-4-5-7-14(13)17(12)11(10)2;2*1-2/h4-8H,9H2,1-3H3;2*1-2H3. The molecule has 0 radical (unpaired) electrons. The first-order valence-electron chi connectivity index (χ1n) is 8.12. The summed E-state index contributed by atoms with van der Waals surface area (Å²) in [5.41, 5.74) is 5.42. The van der Waals surface area contributed by atoms with E-state index < -0.39 is 0 Å². The normalized spacial score (nSPS) is 12.1. The van der Waals surface area contributed by atoms with E-state index >= 15 is 0 Å². The maximum atomic E-state index is 12.3. The highest BCUT2D eigenvalue weighted by atomic mass is 16.2. The van der Waals surface area contributed by atoms with Crippen molar-refractivity contribution < 1.29 is 4.79 Å². The van der Waals surface area contributed by atoms with E-state index in [1.54, 1.807) is 4.90 Å². The Hall–Kier alpha value is -2.03. The molecule has 2 heterocycles. The smallest absolute Gasteiger partial charge is 0.256 e. The van der Waals surface area contributed by atoms with Crippen LogP contribution in [0.1, 0.15) is 55.0 Å². The molecule has 0 N–H and O–H groups in total. The number of hydrogen-bond acceptors (Lipinski definition) is 1. The van der Waals surface area contributed by atoms with E-state index in [2.05, 4.69) is 24.5 Å². The molecule has 3 rings (SSSR count). The summed E-state index contributed by atoms with van der Waals surface area (Å²) in [4.78, 5) is 14.1. The molecule has 0 fully saturated rings. The fourth-order valence-electron chi connectivity index (χ4n) is 2.63. The van der Waals surface area contributed by atoms with Crippen LogP contribution in [0.3, 0.4) is 0 Å². The van der Waals surface area contributed by atoms with E-state index in [0.717, 1.165) is 11.3 Å². The molecule has 3 heteroatoms. The average molecular weight is 300 g/mol. The van der Waals surface area contributed by atoms with Crippen LogP contribution in [0.4, 0.5) is 0 Å². The summed E-state index contributed by atoms with van der Waals surface area (Å²) in [6.07, 6.45) is 0. The Morgan fingerprint density at radius 2 is 1.59 bits per heavy atom. The maximum absolute atomic E-state index is 12.3. The van der Waals surface area contributed by atoms with Crippen molar-refractivity contribution in [2.45, 2.75) is 48.1 Å². The van der Waals surface area contributed by atoms with E-state index in [1.165, 1.54) is 17.0 Å². The number of aromatic nitrogens is 1. The summed E-state index contributed by atoms with van der Waals surface area (Å²) in [6.45, 7) is 12.9. The molecule has 120 valence electrons. The third kappa shape index (κ3) is 3.08. The second-order valence-corrected chi connectivity index (χ2v) is 4.92. The zero-order valence-electron chi connectivity index (χ0n) is 14.9. The molecule has 1 aromatic carbocycles. The minimum atomic E-state index is 0.0892. The third-order valence-electron chi connectivity index (χ3n) is 3.70. The lowest BCUT2D eigenvalue weighted by Gasteiger charge is -2.13. The van der Waals surface area contributed by atoms with Gasteiger partial charge in [0, 0.05) is 18.4 Å². The van der Waals surface area contributed by atoms with E-state index in [0.29, 0.717) is 6.54 Å². The van der Waals surface area contributed by atoms with Gasteiger partial charge in [-0.1, -0.05) is 39.8 Å². The molecule has 1 aliphatic heterocycles. The summed E-state index contributed by atoms with van der Waals surface area (Å²) in [6, 6.07) is 9.98. The summed E-state index contributed by atoms with van der Waals surface area (Å²) < 4.78 is 2.20. The predicted molar refractivity (Wildman–Crippen MR) is 93.7 cm³/mol. The van der Waals surface area contributed by atoms with Gasteiger partial charge in [-0.2, -0.15) is 0 Å². The minimum absolute atomic E-state index is 0.0892. The quantitative estimate of drug-likeness (QED) is 0.690. The van der Waals surface area contributed by atoms with Gasteiger partial charge < -0.3 is 9.47 Å². The zero-order chi connectivity index (χ0) is 16.9. The SMILES string of the molecule is CC.CC.Cc1cc2n(c1C)-c1ccccc1C(=O)N(C)C2. The predicted octanol–water partition coefficient (Wildman–Crippen LogP) is 4.73. The van der Waals surface area contributed by atoms with E-state index in [1.807, 2.05) is 59.0 Å². The molecule has 1 aliphatic rings. The zero-order valence-corrected chi connectivity index (χ0v) is 14.9. The lowest BCUT2D eigenvalue weighted by Crippen LogP contribution is -2.24. The molecular formula is C19H28N2O. The van der Waals surface area contributed by atoms with Crippen LogP contribution >= 0.6 is 0 Å². The van der Waals surface area contributed by atoms with Crippen molar-refractivity contribution in [1.82, 2.24) is 9.47 Å². The summed E-state index contributed by atoms with van der Waals surface area (Å²) in [7, 11) is 1.85. The van der Waals surface area contributed by atoms with Crippen LogP contribution < -0.4 is 0 Å². The van der Waals surface area contributed by atoms with Crippen LogP contribution in [0.2, 0.25) is 0 Å². The van der Waals surface area contributed by atoms with Crippen LogP contribution in [-0.2, 0) is 6.54 Å². The molecule has 3 nitrogen and oxygen atoms in total. The fraction of sp³-hybridized carbons (Fsp3) is 0.421. The first-order chi connectivity index (χ1) is 10.6. The van der Waals surface area contributed by atoms with Gasteiger partial charge in [0.2, 0.25) is 0 Å². The van der Waals surface area contributed by atoms with Gasteiger partial charge in [-0.25, -0.2) is 0 Å². The average Bonchev–Trinajstić information content (AvgIpc) is 2.78. The summed E-state index contributed by atoms with van der Waals surface area (Å²) in [5.74, 6) is 0.0892. The number of carbonyl (C=O) groups is 1. The second kappa shape index (κ2) is 7.83. The molecule has 0 unspecified atom stereocenters. The van der Waals surface area contributed by atoms with Gasteiger partial charge in [0.25, 0.3) is 5.91 Å². The Morgan fingerprint density at radius 3 is 2.23 bits per heavy atom. The first-order valence-corrected chi connectivity index (χ1v) is 8.12. The number of aryl methyl sites for hydroxylation is 1. The monoisotopic (exact) mass is 300 g/mol. The van der Waals surface area contributed by atoms with Crippen molar-refractivity contribution in [1.29, 1.82) is 0 Å². The van der Waals surface area contributed by atoms with Gasteiger partial charge in [-0.15, -0.1) is 0 Å². The highest BCUT2D eigenvalue weighted by Crippen LogP contribution is 2.28. The number of nitrogens with zero attached hydrogens (tertiary/aromatic N) is 2. The molecular weight excluding hydrogens is 272 g/mol. The number of carbonyl (C=O) groups excluding carboxylic acids is 1. The molecule has 0 aliphatic carbocycles.